The van der Waals surface area contributed by atoms with Crippen molar-refractivity contribution in [1.82, 2.24) is 5.32 Å². The first kappa shape index (κ1) is 88.4. The molecule has 3 fully saturated rings. The number of rotatable bonds is 57. The van der Waals surface area contributed by atoms with Crippen molar-refractivity contribution >= 4 is 5.91 Å². The molecule has 1 amide bonds. The Hall–Kier alpha value is -3.81. The molecule has 12 N–H and O–H groups in total. The molecule has 0 bridgehead atoms. The molecule has 98 heavy (non-hydrogen) atoms. The van der Waals surface area contributed by atoms with E-state index in [0.717, 1.165) is 116 Å². The molecular formula is C79H133NO18. The number of nitrogens with one attached hydrogen (secondary N) is 1. The van der Waals surface area contributed by atoms with Crippen LogP contribution in [-0.2, 0) is 33.2 Å². The molecule has 19 heteroatoms. The van der Waals surface area contributed by atoms with Crippen molar-refractivity contribution in [3.63, 3.8) is 0 Å². The van der Waals surface area contributed by atoms with Crippen molar-refractivity contribution < 1.29 is 89.4 Å². The zero-order valence-corrected chi connectivity index (χ0v) is 59.7. The van der Waals surface area contributed by atoms with Crippen LogP contribution in [0.3, 0.4) is 0 Å². The molecule has 0 spiro atoms. The Balaban J connectivity index is 1.43. The summed E-state index contributed by atoms with van der Waals surface area (Å²) >= 11 is 0. The molecule has 0 aromatic heterocycles. The first-order chi connectivity index (χ1) is 47.8. The second-order valence-corrected chi connectivity index (χ2v) is 26.4. The van der Waals surface area contributed by atoms with Gasteiger partial charge in [-0.3, -0.25) is 4.79 Å². The molecule has 17 atom stereocenters. The predicted molar refractivity (Wildman–Crippen MR) is 387 cm³/mol. The maximum Gasteiger partial charge on any atom is 0.220 e. The summed E-state index contributed by atoms with van der Waals surface area (Å²) in [5.41, 5.74) is 0. The third kappa shape index (κ3) is 39.0. The molecule has 3 aliphatic rings. The van der Waals surface area contributed by atoms with E-state index < -0.39 is 124 Å². The van der Waals surface area contributed by atoms with Crippen molar-refractivity contribution in [3.05, 3.63) is 122 Å². The summed E-state index contributed by atoms with van der Waals surface area (Å²) in [6.07, 6.45) is 54.5. The zero-order valence-electron chi connectivity index (χ0n) is 59.7. The van der Waals surface area contributed by atoms with Gasteiger partial charge in [-0.25, -0.2) is 0 Å². The van der Waals surface area contributed by atoms with E-state index in [9.17, 15) is 61.0 Å². The molecule has 0 saturated carbocycles. The average Bonchev–Trinajstić information content (AvgIpc) is 0.784. The molecule has 3 aliphatic heterocycles. The van der Waals surface area contributed by atoms with Crippen molar-refractivity contribution in [2.75, 3.05) is 26.4 Å². The number of aliphatic hydroxyl groups excluding tert-OH is 11. The molecule has 3 heterocycles. The molecule has 0 aromatic rings. The number of ether oxygens (including phenoxy) is 6. The summed E-state index contributed by atoms with van der Waals surface area (Å²) in [6, 6.07) is -1.01. The minimum Gasteiger partial charge on any atom is -0.394 e. The highest BCUT2D eigenvalue weighted by molar-refractivity contribution is 5.76. The summed E-state index contributed by atoms with van der Waals surface area (Å²) in [7, 11) is 0. The summed E-state index contributed by atoms with van der Waals surface area (Å²) in [5.74, 6) is -0.305. The molecule has 19 nitrogen and oxygen atoms in total. The zero-order chi connectivity index (χ0) is 71.1. The van der Waals surface area contributed by atoms with Gasteiger partial charge in [0.25, 0.3) is 0 Å². The lowest BCUT2D eigenvalue weighted by atomic mass is 9.96. The lowest BCUT2D eigenvalue weighted by Crippen LogP contribution is -2.66. The van der Waals surface area contributed by atoms with Crippen LogP contribution in [0, 0.1) is 0 Å². The average molecular weight is 1380 g/mol. The van der Waals surface area contributed by atoms with Crippen LogP contribution < -0.4 is 5.32 Å². The molecular weight excluding hydrogens is 1250 g/mol. The quantitative estimate of drug-likeness (QED) is 0.0199. The fourth-order valence-corrected chi connectivity index (χ4v) is 11.9. The van der Waals surface area contributed by atoms with Crippen LogP contribution >= 0.6 is 0 Å². The maximum absolute atomic E-state index is 13.4. The van der Waals surface area contributed by atoms with Gasteiger partial charge in [0.15, 0.2) is 18.9 Å². The number of aliphatic hydroxyl groups is 11. The third-order valence-electron chi connectivity index (χ3n) is 18.0. The highest BCUT2D eigenvalue weighted by Crippen LogP contribution is 2.33. The summed E-state index contributed by atoms with van der Waals surface area (Å²) < 4.78 is 34.4. The number of hydrogen-bond acceptors (Lipinski definition) is 18. The number of allylic oxidation sites excluding steroid dienone is 19. The molecule has 3 saturated heterocycles. The highest BCUT2D eigenvalue weighted by Gasteiger charge is 2.53. The van der Waals surface area contributed by atoms with E-state index in [1.165, 1.54) is 89.9 Å². The normalized spacial score (nSPS) is 27.5. The Kier molecular flexibility index (Phi) is 52.9. The van der Waals surface area contributed by atoms with Gasteiger partial charge in [0, 0.05) is 6.42 Å². The van der Waals surface area contributed by atoms with Crippen molar-refractivity contribution in [1.29, 1.82) is 0 Å². The van der Waals surface area contributed by atoms with E-state index in [2.05, 4.69) is 129 Å². The molecule has 0 radical (unpaired) electrons. The summed E-state index contributed by atoms with van der Waals surface area (Å²) in [4.78, 5) is 13.4. The fraction of sp³-hybridized carbons (Fsp3) is 0.734. The Labute approximate surface area is 588 Å². The van der Waals surface area contributed by atoms with Gasteiger partial charge in [0.05, 0.1) is 38.6 Å². The largest absolute Gasteiger partial charge is 0.394 e. The van der Waals surface area contributed by atoms with Gasteiger partial charge in [-0.15, -0.1) is 0 Å². The summed E-state index contributed by atoms with van der Waals surface area (Å²) in [5, 5.41) is 121. The second kappa shape index (κ2) is 58.7. The first-order valence-corrected chi connectivity index (χ1v) is 37.8. The number of amides is 1. The smallest absolute Gasteiger partial charge is 0.220 e. The van der Waals surface area contributed by atoms with Crippen LogP contribution in [0.4, 0.5) is 0 Å². The van der Waals surface area contributed by atoms with E-state index in [4.69, 9.17) is 28.4 Å². The van der Waals surface area contributed by atoms with E-state index in [-0.39, 0.29) is 18.9 Å². The lowest BCUT2D eigenvalue weighted by molar-refractivity contribution is -0.379. The van der Waals surface area contributed by atoms with E-state index in [1.54, 1.807) is 6.08 Å². The summed E-state index contributed by atoms with van der Waals surface area (Å²) in [6.45, 7) is 1.58. The van der Waals surface area contributed by atoms with E-state index in [1.807, 2.05) is 6.08 Å². The monoisotopic (exact) mass is 1380 g/mol. The number of unbranched alkanes of at least 4 members (excludes halogenated alkanes) is 23. The molecule has 562 valence electrons. The van der Waals surface area contributed by atoms with Gasteiger partial charge in [0.1, 0.15) is 73.2 Å². The number of carbonyl (C=O) groups excluding carboxylic acids is 1. The van der Waals surface area contributed by atoms with Crippen molar-refractivity contribution in [3.8, 4) is 0 Å². The SMILES string of the molecule is CC/C=C\C/C=C\C/C=C\C/C=C\C/C=C\C/C=C\C/C=C\CCCCCCCCCC(=O)NC(COC1OC(CO)C(OC2OC(CO)C(OC3OC(CO)C(O)C(O)C3O)C(O)C2O)C(O)C1O)C(O)/C=C/CC/C=C/CC/C=C/CCCCCCCCCCCCCCCC. The van der Waals surface area contributed by atoms with Crippen molar-refractivity contribution in [2.45, 2.75) is 343 Å². The predicted octanol–water partition coefficient (Wildman–Crippen LogP) is 11.6. The topological polar surface area (TPSA) is 307 Å². The van der Waals surface area contributed by atoms with Crippen molar-refractivity contribution in [2.24, 2.45) is 0 Å². The first-order valence-electron chi connectivity index (χ1n) is 37.8. The molecule has 0 aliphatic carbocycles. The lowest BCUT2D eigenvalue weighted by Gasteiger charge is -2.48. The standard InChI is InChI=1S/C79H133NO18/c1-3-5-7-9-11-13-15-17-19-21-23-25-27-29-30-31-32-33-35-37-39-41-43-45-47-49-51-53-55-57-67(85)80-62(63(84)56-54-52-50-48-46-44-42-40-38-36-34-28-26-24-22-20-18-16-14-12-10-8-6-4-2)61-93-77-73(91)70(88)75(65(59-82)95-77)98-79-74(92)71(89)76(66(60-83)96-79)97-78-72(90)69(87)68(86)64(58-81)94-78/h5,7,11,13,17,19,23,25,29-30,32-33,37-40,46,48,54,56,62-66,68-79,81-84,86-92H,3-4,6,8-10,12,14-16,18,20-22,24,26-28,31,34-36,41-45,47,49-53,55,57-61H2,1-2H3,(H,80,85)/b7-5-,13-11-,19-17-,25-23-,30-29-,33-32-,39-37-,40-38+,48-46+,56-54+. The number of carbonyl (C=O) groups is 1. The Bertz CT molecular complexity index is 2250. The van der Waals surface area contributed by atoms with Gasteiger partial charge in [0.2, 0.25) is 5.91 Å². The maximum atomic E-state index is 13.4. The molecule has 3 rings (SSSR count). The van der Waals surface area contributed by atoms with Crippen LogP contribution in [0.1, 0.15) is 239 Å². The van der Waals surface area contributed by atoms with Gasteiger partial charge in [-0.2, -0.15) is 0 Å². The van der Waals surface area contributed by atoms with Crippen LogP contribution in [0.15, 0.2) is 122 Å². The highest BCUT2D eigenvalue weighted by atomic mass is 16.8. The van der Waals surface area contributed by atoms with Gasteiger partial charge in [-0.1, -0.05) is 251 Å². The minimum absolute atomic E-state index is 0.211. The third-order valence-corrected chi connectivity index (χ3v) is 18.0. The van der Waals surface area contributed by atoms with Crippen LogP contribution in [-0.4, -0.2) is 193 Å². The van der Waals surface area contributed by atoms with E-state index >= 15 is 0 Å². The Morgan fingerprint density at radius 1 is 0.378 bits per heavy atom. The fourth-order valence-electron chi connectivity index (χ4n) is 11.9. The molecule has 0 aromatic carbocycles. The van der Waals surface area contributed by atoms with Crippen LogP contribution in [0.25, 0.3) is 0 Å². The van der Waals surface area contributed by atoms with Gasteiger partial charge in [-0.05, 0) is 103 Å². The number of hydrogen-bond donors (Lipinski definition) is 12. The minimum atomic E-state index is -1.99. The second-order valence-electron chi connectivity index (χ2n) is 26.4. The van der Waals surface area contributed by atoms with Gasteiger partial charge >= 0.3 is 0 Å². The van der Waals surface area contributed by atoms with Crippen LogP contribution in [0.2, 0.25) is 0 Å². The Morgan fingerprint density at radius 3 is 1.14 bits per heavy atom. The molecule has 17 unspecified atom stereocenters. The van der Waals surface area contributed by atoms with Crippen LogP contribution in [0.5, 0.6) is 0 Å². The van der Waals surface area contributed by atoms with E-state index in [0.29, 0.717) is 12.8 Å². The Morgan fingerprint density at radius 2 is 0.714 bits per heavy atom. The van der Waals surface area contributed by atoms with Gasteiger partial charge < -0.3 is 89.9 Å².